The van der Waals surface area contributed by atoms with Crippen molar-refractivity contribution < 1.29 is 9.53 Å². The molecule has 1 heterocycles. The number of rotatable bonds is 1. The van der Waals surface area contributed by atoms with Gasteiger partial charge < -0.3 is 4.74 Å². The van der Waals surface area contributed by atoms with Crippen molar-refractivity contribution in [3.8, 4) is 0 Å². The molecule has 1 aromatic rings. The Labute approximate surface area is 101 Å². The molecule has 0 bridgehead atoms. The van der Waals surface area contributed by atoms with Crippen LogP contribution in [-0.4, -0.2) is 18.1 Å². The lowest BCUT2D eigenvalue weighted by molar-refractivity contribution is -0.142. The Morgan fingerprint density at radius 2 is 2.12 bits per heavy atom. The van der Waals surface area contributed by atoms with Gasteiger partial charge in [0.2, 0.25) is 0 Å². The van der Waals surface area contributed by atoms with Crippen LogP contribution in [0.15, 0.2) is 6.07 Å². The van der Waals surface area contributed by atoms with Gasteiger partial charge in [-0.05, 0) is 49.7 Å². The van der Waals surface area contributed by atoms with E-state index in [1.165, 1.54) is 30.4 Å². The van der Waals surface area contributed by atoms with Crippen LogP contribution in [0, 0.1) is 0 Å². The van der Waals surface area contributed by atoms with Crippen LogP contribution in [0.1, 0.15) is 47.7 Å². The van der Waals surface area contributed by atoms with E-state index < -0.39 is 0 Å². The Bertz CT molecular complexity index is 468. The van der Waals surface area contributed by atoms with Gasteiger partial charge in [0.25, 0.3) is 0 Å². The molecule has 0 N–H and O–H groups in total. The minimum absolute atomic E-state index is 0.128. The highest BCUT2D eigenvalue weighted by Gasteiger charge is 2.30. The lowest BCUT2D eigenvalue weighted by Crippen LogP contribution is -2.22. The predicted molar refractivity (Wildman–Crippen MR) is 64.0 cm³/mol. The van der Waals surface area contributed by atoms with E-state index in [-0.39, 0.29) is 11.9 Å². The van der Waals surface area contributed by atoms with Crippen molar-refractivity contribution in [3.63, 3.8) is 0 Å². The molecular formula is C14H17NO2. The van der Waals surface area contributed by atoms with Crippen molar-refractivity contribution in [1.82, 2.24) is 4.98 Å². The normalized spacial score (nSPS) is 21.8. The smallest absolute Gasteiger partial charge is 0.314 e. The second kappa shape index (κ2) is 4.13. The van der Waals surface area contributed by atoms with Crippen LogP contribution in [0.25, 0.3) is 0 Å². The van der Waals surface area contributed by atoms with Crippen LogP contribution in [0.5, 0.6) is 0 Å². The Morgan fingerprint density at radius 1 is 1.29 bits per heavy atom. The number of pyridine rings is 1. The largest absolute Gasteiger partial charge is 0.469 e. The molecule has 0 amide bonds. The van der Waals surface area contributed by atoms with Crippen LogP contribution >= 0.6 is 0 Å². The van der Waals surface area contributed by atoms with E-state index in [1.807, 2.05) is 0 Å². The number of nitrogens with zero attached hydrogens (tertiary/aromatic N) is 1. The highest BCUT2D eigenvalue weighted by molar-refractivity contribution is 5.78. The van der Waals surface area contributed by atoms with E-state index in [4.69, 9.17) is 9.72 Å². The first-order chi connectivity index (χ1) is 8.29. The number of aryl methyl sites for hydroxylation is 3. The first kappa shape index (κ1) is 10.8. The van der Waals surface area contributed by atoms with Crippen LogP contribution in [-0.2, 0) is 28.8 Å². The van der Waals surface area contributed by atoms with Gasteiger partial charge in [-0.15, -0.1) is 0 Å². The molecule has 1 unspecified atom stereocenters. The van der Waals surface area contributed by atoms with Crippen molar-refractivity contribution in [2.45, 2.75) is 44.4 Å². The summed E-state index contributed by atoms with van der Waals surface area (Å²) in [5.41, 5.74) is 4.87. The third kappa shape index (κ3) is 1.74. The minimum atomic E-state index is -0.130. The van der Waals surface area contributed by atoms with E-state index in [2.05, 4.69) is 6.07 Å². The number of esters is 1. The van der Waals surface area contributed by atoms with Crippen molar-refractivity contribution in [2.24, 2.45) is 0 Å². The van der Waals surface area contributed by atoms with Crippen molar-refractivity contribution in [3.05, 3.63) is 28.6 Å². The van der Waals surface area contributed by atoms with Crippen molar-refractivity contribution in [2.75, 3.05) is 7.11 Å². The maximum absolute atomic E-state index is 11.8. The Kier molecular flexibility index (Phi) is 2.61. The summed E-state index contributed by atoms with van der Waals surface area (Å²) in [5.74, 6) is -0.258. The number of fused-ring (bicyclic) bond motifs is 2. The fourth-order valence-corrected chi connectivity index (χ4v) is 3.04. The molecule has 0 fully saturated rings. The molecular weight excluding hydrogens is 214 g/mol. The third-order valence-electron chi connectivity index (χ3n) is 3.92. The average molecular weight is 231 g/mol. The van der Waals surface area contributed by atoms with E-state index >= 15 is 0 Å². The zero-order valence-corrected chi connectivity index (χ0v) is 10.2. The molecule has 2 aliphatic carbocycles. The van der Waals surface area contributed by atoms with E-state index in [1.54, 1.807) is 0 Å². The molecule has 90 valence electrons. The summed E-state index contributed by atoms with van der Waals surface area (Å²) in [4.78, 5) is 16.5. The second-order valence-corrected chi connectivity index (χ2v) is 4.96. The number of ether oxygens (including phenoxy) is 1. The van der Waals surface area contributed by atoms with E-state index in [0.29, 0.717) is 0 Å². The molecule has 0 saturated carbocycles. The van der Waals surface area contributed by atoms with E-state index in [9.17, 15) is 4.79 Å². The quantitative estimate of drug-likeness (QED) is 0.695. The summed E-state index contributed by atoms with van der Waals surface area (Å²) >= 11 is 0. The highest BCUT2D eigenvalue weighted by Crippen LogP contribution is 2.34. The lowest BCUT2D eigenvalue weighted by atomic mass is 9.85. The standard InChI is InChI=1S/C14H17NO2/c1-17-14(16)11-6-2-5-10-8-9-4-3-7-12(9)15-13(10)11/h8,11H,2-7H2,1H3. The Morgan fingerprint density at radius 3 is 2.94 bits per heavy atom. The summed E-state index contributed by atoms with van der Waals surface area (Å²) in [7, 11) is 1.46. The maximum Gasteiger partial charge on any atom is 0.314 e. The van der Waals surface area contributed by atoms with Gasteiger partial charge in [0.1, 0.15) is 0 Å². The van der Waals surface area contributed by atoms with Gasteiger partial charge in [-0.3, -0.25) is 9.78 Å². The van der Waals surface area contributed by atoms with Crippen LogP contribution in [0.4, 0.5) is 0 Å². The molecule has 0 radical (unpaired) electrons. The number of carbonyl (C=O) groups is 1. The van der Waals surface area contributed by atoms with Crippen molar-refractivity contribution in [1.29, 1.82) is 0 Å². The SMILES string of the molecule is COC(=O)C1CCCc2cc3c(nc21)CCC3. The number of aromatic nitrogens is 1. The fourth-order valence-electron chi connectivity index (χ4n) is 3.04. The molecule has 0 aromatic carbocycles. The first-order valence-corrected chi connectivity index (χ1v) is 6.39. The van der Waals surface area contributed by atoms with Gasteiger partial charge in [0, 0.05) is 5.69 Å². The number of hydrogen-bond donors (Lipinski definition) is 0. The topological polar surface area (TPSA) is 39.2 Å². The molecule has 2 aliphatic rings. The zero-order chi connectivity index (χ0) is 11.8. The van der Waals surface area contributed by atoms with Crippen molar-refractivity contribution >= 4 is 5.97 Å². The van der Waals surface area contributed by atoms with Gasteiger partial charge in [-0.25, -0.2) is 0 Å². The van der Waals surface area contributed by atoms with Crippen LogP contribution in [0.3, 0.4) is 0 Å². The molecule has 0 spiro atoms. The molecule has 0 aliphatic heterocycles. The monoisotopic (exact) mass is 231 g/mol. The fraction of sp³-hybridized carbons (Fsp3) is 0.571. The van der Waals surface area contributed by atoms with Gasteiger partial charge in [0.15, 0.2) is 0 Å². The molecule has 17 heavy (non-hydrogen) atoms. The lowest BCUT2D eigenvalue weighted by Gasteiger charge is -2.23. The van der Waals surface area contributed by atoms with Gasteiger partial charge >= 0.3 is 5.97 Å². The summed E-state index contributed by atoms with van der Waals surface area (Å²) in [6.45, 7) is 0. The molecule has 3 nitrogen and oxygen atoms in total. The number of carbonyl (C=O) groups excluding carboxylic acids is 1. The average Bonchev–Trinajstić information content (AvgIpc) is 2.81. The first-order valence-electron chi connectivity index (χ1n) is 6.39. The third-order valence-corrected chi connectivity index (χ3v) is 3.92. The highest BCUT2D eigenvalue weighted by atomic mass is 16.5. The molecule has 1 atom stereocenters. The zero-order valence-electron chi connectivity index (χ0n) is 10.2. The van der Waals surface area contributed by atoms with Gasteiger partial charge in [0.05, 0.1) is 18.7 Å². The summed E-state index contributed by atoms with van der Waals surface area (Å²) in [6, 6.07) is 2.28. The number of hydrogen-bond acceptors (Lipinski definition) is 3. The Hall–Kier alpha value is -1.38. The van der Waals surface area contributed by atoms with Crippen LogP contribution < -0.4 is 0 Å². The molecule has 0 saturated heterocycles. The van der Waals surface area contributed by atoms with Gasteiger partial charge in [-0.1, -0.05) is 6.07 Å². The van der Waals surface area contributed by atoms with Gasteiger partial charge in [-0.2, -0.15) is 0 Å². The second-order valence-electron chi connectivity index (χ2n) is 4.96. The summed E-state index contributed by atoms with van der Waals surface area (Å²) < 4.78 is 4.89. The maximum atomic E-state index is 11.8. The molecule has 3 rings (SSSR count). The summed E-state index contributed by atoms with van der Waals surface area (Å²) in [6.07, 6.45) is 6.42. The van der Waals surface area contributed by atoms with E-state index in [0.717, 1.165) is 37.8 Å². The predicted octanol–water partition coefficient (Wildman–Crippen LogP) is 2.16. The van der Waals surface area contributed by atoms with Crippen LogP contribution in [0.2, 0.25) is 0 Å². The summed E-state index contributed by atoms with van der Waals surface area (Å²) in [5, 5.41) is 0. The molecule has 3 heteroatoms. The minimum Gasteiger partial charge on any atom is -0.469 e. The number of methoxy groups -OCH3 is 1. The molecule has 1 aromatic heterocycles. The Balaban J connectivity index is 2.04.